The quantitative estimate of drug-likeness (QED) is 0.466. The Balaban J connectivity index is 1.51. The number of fused-ring (bicyclic) bond motifs is 1. The third kappa shape index (κ3) is 4.00. The molecule has 0 fully saturated rings. The molecule has 0 saturated heterocycles. The molecule has 0 bridgehead atoms. The zero-order chi connectivity index (χ0) is 20.4. The average Bonchev–Trinajstić information content (AvgIpc) is 3.11. The molecule has 1 aromatic heterocycles. The van der Waals surface area contributed by atoms with E-state index in [4.69, 9.17) is 16.6 Å². The van der Waals surface area contributed by atoms with Crippen LogP contribution in [-0.4, -0.2) is 16.0 Å². The van der Waals surface area contributed by atoms with Gasteiger partial charge in [-0.3, -0.25) is 10.1 Å². The van der Waals surface area contributed by atoms with Crippen molar-refractivity contribution in [3.63, 3.8) is 0 Å². The van der Waals surface area contributed by atoms with Crippen LogP contribution in [0, 0.1) is 12.7 Å². The van der Waals surface area contributed by atoms with E-state index >= 15 is 0 Å². The van der Waals surface area contributed by atoms with Crippen LogP contribution >= 0.6 is 12.2 Å². The number of nitrogens with zero attached hydrogens (tertiary/aromatic N) is 1. The van der Waals surface area contributed by atoms with Crippen LogP contribution in [0.5, 0.6) is 0 Å². The summed E-state index contributed by atoms with van der Waals surface area (Å²) in [6, 6.07) is 18.7. The minimum atomic E-state index is -0.405. The van der Waals surface area contributed by atoms with Gasteiger partial charge in [0.05, 0.1) is 5.56 Å². The molecule has 0 unspecified atom stereocenters. The first-order chi connectivity index (χ1) is 14.0. The van der Waals surface area contributed by atoms with Crippen LogP contribution in [0.2, 0.25) is 0 Å². The lowest BCUT2D eigenvalue weighted by atomic mass is 10.1. The number of aromatic nitrogens is 1. The smallest absolute Gasteiger partial charge is 0.257 e. The van der Waals surface area contributed by atoms with Gasteiger partial charge in [-0.25, -0.2) is 9.37 Å². The van der Waals surface area contributed by atoms with Gasteiger partial charge in [-0.1, -0.05) is 30.3 Å². The summed E-state index contributed by atoms with van der Waals surface area (Å²) in [5.41, 5.74) is 3.39. The van der Waals surface area contributed by atoms with Gasteiger partial charge >= 0.3 is 0 Å². The maximum Gasteiger partial charge on any atom is 0.257 e. The number of oxazole rings is 1. The van der Waals surface area contributed by atoms with Gasteiger partial charge in [-0.2, -0.15) is 0 Å². The van der Waals surface area contributed by atoms with Crippen LogP contribution < -0.4 is 10.6 Å². The largest absolute Gasteiger partial charge is 0.436 e. The maximum atomic E-state index is 14.0. The third-order valence-electron chi connectivity index (χ3n) is 4.37. The number of rotatable bonds is 3. The second-order valence-corrected chi connectivity index (χ2v) is 6.81. The predicted molar refractivity (Wildman–Crippen MR) is 114 cm³/mol. The lowest BCUT2D eigenvalue weighted by Crippen LogP contribution is -2.34. The van der Waals surface area contributed by atoms with Crippen molar-refractivity contribution in [2.45, 2.75) is 6.92 Å². The third-order valence-corrected chi connectivity index (χ3v) is 4.57. The Morgan fingerprint density at radius 1 is 1.07 bits per heavy atom. The van der Waals surface area contributed by atoms with Crippen molar-refractivity contribution < 1.29 is 13.6 Å². The van der Waals surface area contributed by atoms with Crippen LogP contribution in [-0.2, 0) is 0 Å². The summed E-state index contributed by atoms with van der Waals surface area (Å²) in [7, 11) is 0. The molecule has 4 rings (SSSR count). The number of aryl methyl sites for hydroxylation is 1. The average molecular weight is 405 g/mol. The molecule has 4 aromatic rings. The molecule has 1 amide bonds. The normalized spacial score (nSPS) is 10.7. The van der Waals surface area contributed by atoms with Crippen molar-refractivity contribution >= 4 is 40.0 Å². The van der Waals surface area contributed by atoms with Crippen LogP contribution in [0.1, 0.15) is 15.9 Å². The Morgan fingerprint density at radius 3 is 2.62 bits per heavy atom. The highest BCUT2D eigenvalue weighted by Crippen LogP contribution is 2.27. The monoisotopic (exact) mass is 405 g/mol. The molecule has 1 heterocycles. The molecular weight excluding hydrogens is 389 g/mol. The second-order valence-electron chi connectivity index (χ2n) is 6.40. The van der Waals surface area contributed by atoms with Crippen molar-refractivity contribution in [3.05, 3.63) is 83.7 Å². The van der Waals surface area contributed by atoms with E-state index in [1.54, 1.807) is 48.5 Å². The standard InChI is InChI=1S/C22H16FN3O2S/c1-13-6-2-3-7-15(13)20(27)26-22(29)24-14-10-11-19-18(12-14)25-21(28-19)16-8-4-5-9-17(16)23/h2-12H,1H3,(H2,24,26,27,29). The number of nitrogens with one attached hydrogen (secondary N) is 2. The number of carbonyl (C=O) groups excluding carboxylic acids is 1. The molecule has 7 heteroatoms. The minimum absolute atomic E-state index is 0.162. The van der Waals surface area contributed by atoms with Crippen LogP contribution in [0.4, 0.5) is 10.1 Å². The van der Waals surface area contributed by atoms with Gasteiger partial charge in [-0.05, 0) is 61.1 Å². The number of carbonyl (C=O) groups is 1. The van der Waals surface area contributed by atoms with Crippen molar-refractivity contribution in [2.75, 3.05) is 5.32 Å². The molecule has 2 N–H and O–H groups in total. The van der Waals surface area contributed by atoms with E-state index in [0.29, 0.717) is 27.9 Å². The van der Waals surface area contributed by atoms with E-state index in [1.807, 2.05) is 19.1 Å². The van der Waals surface area contributed by atoms with E-state index in [1.165, 1.54) is 6.07 Å². The van der Waals surface area contributed by atoms with E-state index < -0.39 is 5.82 Å². The fourth-order valence-corrected chi connectivity index (χ4v) is 3.13. The first-order valence-electron chi connectivity index (χ1n) is 8.85. The fourth-order valence-electron chi connectivity index (χ4n) is 2.92. The van der Waals surface area contributed by atoms with Gasteiger partial charge in [0.15, 0.2) is 10.7 Å². The lowest BCUT2D eigenvalue weighted by molar-refractivity contribution is 0.0977. The number of hydrogen-bond acceptors (Lipinski definition) is 4. The van der Waals surface area contributed by atoms with Gasteiger partial charge in [0.25, 0.3) is 5.91 Å². The molecular formula is C22H16FN3O2S. The Morgan fingerprint density at radius 2 is 1.83 bits per heavy atom. The van der Waals surface area contributed by atoms with Gasteiger partial charge in [-0.15, -0.1) is 0 Å². The Kier molecular flexibility index (Phi) is 5.05. The number of anilines is 1. The summed E-state index contributed by atoms with van der Waals surface area (Å²) < 4.78 is 19.6. The van der Waals surface area contributed by atoms with Crippen molar-refractivity contribution in [2.24, 2.45) is 0 Å². The minimum Gasteiger partial charge on any atom is -0.436 e. The van der Waals surface area contributed by atoms with Crippen molar-refractivity contribution in [1.82, 2.24) is 10.3 Å². The summed E-state index contributed by atoms with van der Waals surface area (Å²) in [5, 5.41) is 5.78. The van der Waals surface area contributed by atoms with E-state index in [2.05, 4.69) is 15.6 Å². The number of halogens is 1. The zero-order valence-electron chi connectivity index (χ0n) is 15.4. The molecule has 144 valence electrons. The Bertz CT molecular complexity index is 1240. The molecule has 0 atom stereocenters. The Labute approximate surface area is 171 Å². The molecule has 0 aliphatic carbocycles. The predicted octanol–water partition coefficient (Wildman–Crippen LogP) is 5.07. The summed E-state index contributed by atoms with van der Waals surface area (Å²) in [6.45, 7) is 1.86. The molecule has 0 spiro atoms. The van der Waals surface area contributed by atoms with Crippen molar-refractivity contribution in [3.8, 4) is 11.5 Å². The summed E-state index contributed by atoms with van der Waals surface area (Å²) in [4.78, 5) is 16.7. The van der Waals surface area contributed by atoms with Gasteiger partial charge in [0, 0.05) is 11.3 Å². The van der Waals surface area contributed by atoms with Gasteiger partial charge in [0.2, 0.25) is 5.89 Å². The number of amides is 1. The van der Waals surface area contributed by atoms with Gasteiger partial charge < -0.3 is 9.73 Å². The number of thiocarbonyl (C=S) groups is 1. The molecule has 0 radical (unpaired) electrons. The highest BCUT2D eigenvalue weighted by atomic mass is 32.1. The lowest BCUT2D eigenvalue weighted by Gasteiger charge is -2.10. The highest BCUT2D eigenvalue weighted by molar-refractivity contribution is 7.80. The molecule has 0 aliphatic rings. The SMILES string of the molecule is Cc1ccccc1C(=O)NC(=S)Nc1ccc2oc(-c3ccccc3F)nc2c1. The van der Waals surface area contributed by atoms with Crippen LogP contribution in [0.15, 0.2) is 71.1 Å². The van der Waals surface area contributed by atoms with E-state index in [0.717, 1.165) is 5.56 Å². The van der Waals surface area contributed by atoms with Crippen LogP contribution in [0.3, 0.4) is 0 Å². The number of benzene rings is 3. The molecule has 29 heavy (non-hydrogen) atoms. The second kappa shape index (κ2) is 7.81. The van der Waals surface area contributed by atoms with Gasteiger partial charge in [0.1, 0.15) is 11.3 Å². The summed E-state index contributed by atoms with van der Waals surface area (Å²) in [5.74, 6) is -0.492. The zero-order valence-corrected chi connectivity index (χ0v) is 16.2. The number of hydrogen-bond donors (Lipinski definition) is 2. The summed E-state index contributed by atoms with van der Waals surface area (Å²) in [6.07, 6.45) is 0. The fraction of sp³-hybridized carbons (Fsp3) is 0.0455. The highest BCUT2D eigenvalue weighted by Gasteiger charge is 2.14. The summed E-state index contributed by atoms with van der Waals surface area (Å²) >= 11 is 5.24. The van der Waals surface area contributed by atoms with E-state index in [9.17, 15) is 9.18 Å². The Hall–Kier alpha value is -3.58. The van der Waals surface area contributed by atoms with E-state index in [-0.39, 0.29) is 16.9 Å². The first-order valence-corrected chi connectivity index (χ1v) is 9.25. The molecule has 0 saturated carbocycles. The molecule has 5 nitrogen and oxygen atoms in total. The molecule has 0 aliphatic heterocycles. The topological polar surface area (TPSA) is 67.2 Å². The maximum absolute atomic E-state index is 14.0. The van der Waals surface area contributed by atoms with Crippen LogP contribution in [0.25, 0.3) is 22.6 Å². The van der Waals surface area contributed by atoms with Crippen molar-refractivity contribution in [1.29, 1.82) is 0 Å². The molecule has 3 aromatic carbocycles. The first kappa shape index (κ1) is 18.8.